The lowest BCUT2D eigenvalue weighted by molar-refractivity contribution is -0.160. The van der Waals surface area contributed by atoms with Crippen molar-refractivity contribution in [1.29, 1.82) is 0 Å². The molecule has 0 aliphatic carbocycles. The number of esters is 1. The molecule has 3 aliphatic heterocycles. The molecule has 10 nitrogen and oxygen atoms in total. The lowest BCUT2D eigenvalue weighted by Crippen LogP contribution is -2.58. The summed E-state index contributed by atoms with van der Waals surface area (Å²) in [6, 6.07) is -2.94. The Morgan fingerprint density at radius 2 is 1.56 bits per heavy atom. The topological polar surface area (TPSA) is 116 Å². The molecular formula is C24H38N4O6. The summed E-state index contributed by atoms with van der Waals surface area (Å²) in [5.74, 6) is -1.78. The number of hydrogen-bond donors (Lipinski definition) is 1. The predicted molar refractivity (Wildman–Crippen MR) is 123 cm³/mol. The summed E-state index contributed by atoms with van der Waals surface area (Å²) in [4.78, 5) is 70.4. The highest BCUT2D eigenvalue weighted by Crippen LogP contribution is 2.25. The van der Waals surface area contributed by atoms with Crippen molar-refractivity contribution in [2.24, 2.45) is 0 Å². The summed E-state index contributed by atoms with van der Waals surface area (Å²) in [7, 11) is 0. The van der Waals surface area contributed by atoms with Crippen LogP contribution in [-0.4, -0.2) is 94.2 Å². The van der Waals surface area contributed by atoms with Crippen LogP contribution in [0.2, 0.25) is 0 Å². The van der Waals surface area contributed by atoms with E-state index in [1.54, 1.807) is 23.6 Å². The molecule has 3 rings (SSSR count). The van der Waals surface area contributed by atoms with Crippen LogP contribution in [-0.2, 0) is 28.7 Å². The van der Waals surface area contributed by atoms with Crippen LogP contribution in [0.25, 0.3) is 0 Å². The number of carbonyl (C=O) groups is 5. The lowest BCUT2D eigenvalue weighted by atomic mass is 10.1. The third-order valence-electron chi connectivity index (χ3n) is 7.04. The summed E-state index contributed by atoms with van der Waals surface area (Å²) in [6.07, 6.45) is 2.79. The van der Waals surface area contributed by atoms with Crippen LogP contribution in [0.1, 0.15) is 72.6 Å². The molecule has 0 aromatic carbocycles. The van der Waals surface area contributed by atoms with Crippen molar-refractivity contribution >= 4 is 29.6 Å². The smallest absolute Gasteiger partial charge is 0.329 e. The SMILES string of the molecule is CCCC1C(=O)NC(C)C(=O)N2CCCC2C(=O)OC(C)CC(=O)N2CCCC2C(=O)N1CC. The first kappa shape index (κ1) is 26.0. The Morgan fingerprint density at radius 1 is 0.912 bits per heavy atom. The van der Waals surface area contributed by atoms with E-state index in [2.05, 4.69) is 5.32 Å². The van der Waals surface area contributed by atoms with Gasteiger partial charge in [0.25, 0.3) is 0 Å². The van der Waals surface area contributed by atoms with Crippen LogP contribution in [0, 0.1) is 0 Å². The van der Waals surface area contributed by atoms with Crippen molar-refractivity contribution in [3.05, 3.63) is 0 Å². The van der Waals surface area contributed by atoms with Crippen LogP contribution in [0.3, 0.4) is 0 Å². The van der Waals surface area contributed by atoms with Crippen molar-refractivity contribution in [1.82, 2.24) is 20.0 Å². The zero-order valence-corrected chi connectivity index (χ0v) is 20.7. The molecule has 0 bridgehead atoms. The third-order valence-corrected chi connectivity index (χ3v) is 7.04. The van der Waals surface area contributed by atoms with Crippen molar-refractivity contribution in [2.75, 3.05) is 19.6 Å². The van der Waals surface area contributed by atoms with Gasteiger partial charge in [-0.1, -0.05) is 13.3 Å². The van der Waals surface area contributed by atoms with Crippen molar-refractivity contribution in [3.8, 4) is 0 Å². The lowest BCUT2D eigenvalue weighted by Gasteiger charge is -2.36. The van der Waals surface area contributed by atoms with Gasteiger partial charge in [-0.3, -0.25) is 19.2 Å². The van der Waals surface area contributed by atoms with E-state index < -0.39 is 42.1 Å². The third kappa shape index (κ3) is 5.36. The molecule has 0 radical (unpaired) electrons. The minimum atomic E-state index is -0.844. The molecule has 10 heteroatoms. The van der Waals surface area contributed by atoms with Crippen molar-refractivity contribution in [2.45, 2.75) is 103 Å². The minimum absolute atomic E-state index is 0.0302. The highest BCUT2D eigenvalue weighted by molar-refractivity contribution is 5.95. The molecular weight excluding hydrogens is 440 g/mol. The van der Waals surface area contributed by atoms with E-state index in [0.29, 0.717) is 58.2 Å². The molecule has 3 aliphatic rings. The van der Waals surface area contributed by atoms with E-state index in [1.165, 1.54) is 4.90 Å². The van der Waals surface area contributed by atoms with Crippen molar-refractivity contribution < 1.29 is 28.7 Å². The van der Waals surface area contributed by atoms with Gasteiger partial charge in [0.2, 0.25) is 23.6 Å². The Bertz CT molecular complexity index is 817. The van der Waals surface area contributed by atoms with E-state index in [1.807, 2.05) is 13.8 Å². The summed E-state index contributed by atoms with van der Waals surface area (Å²) >= 11 is 0. The molecule has 3 heterocycles. The van der Waals surface area contributed by atoms with Crippen LogP contribution >= 0.6 is 0 Å². The normalized spacial score (nSPS) is 31.9. The summed E-state index contributed by atoms with van der Waals surface area (Å²) in [6.45, 7) is 8.20. The zero-order chi connectivity index (χ0) is 25.0. The maximum absolute atomic E-state index is 13.5. The highest BCUT2D eigenvalue weighted by atomic mass is 16.5. The Balaban J connectivity index is 1.95. The first-order valence-electron chi connectivity index (χ1n) is 12.6. The minimum Gasteiger partial charge on any atom is -0.461 e. The Labute approximate surface area is 201 Å². The monoisotopic (exact) mass is 478 g/mol. The van der Waals surface area contributed by atoms with Gasteiger partial charge in [-0.25, -0.2) is 4.79 Å². The maximum Gasteiger partial charge on any atom is 0.329 e. The number of likely N-dealkylation sites (N-methyl/N-ethyl adjacent to an activating group) is 1. The predicted octanol–water partition coefficient (Wildman–Crippen LogP) is 0.826. The van der Waals surface area contributed by atoms with Gasteiger partial charge in [-0.15, -0.1) is 0 Å². The second-order valence-corrected chi connectivity index (χ2v) is 9.55. The van der Waals surface area contributed by atoms with Gasteiger partial charge in [0, 0.05) is 19.6 Å². The van der Waals surface area contributed by atoms with Gasteiger partial charge >= 0.3 is 5.97 Å². The van der Waals surface area contributed by atoms with Gasteiger partial charge in [0.1, 0.15) is 30.3 Å². The first-order valence-corrected chi connectivity index (χ1v) is 12.6. The second-order valence-electron chi connectivity index (χ2n) is 9.55. The molecule has 5 unspecified atom stereocenters. The molecule has 1 N–H and O–H groups in total. The molecule has 0 saturated carbocycles. The Morgan fingerprint density at radius 3 is 2.21 bits per heavy atom. The van der Waals surface area contributed by atoms with Gasteiger partial charge in [-0.05, 0) is 52.9 Å². The number of cyclic esters (lactones) is 1. The zero-order valence-electron chi connectivity index (χ0n) is 20.7. The molecule has 190 valence electrons. The summed E-state index contributed by atoms with van der Waals surface area (Å²) in [5.41, 5.74) is 0. The number of amides is 4. The number of ether oxygens (including phenoxy) is 1. The Hall–Kier alpha value is -2.65. The fourth-order valence-electron chi connectivity index (χ4n) is 5.32. The second kappa shape index (κ2) is 11.2. The molecule has 34 heavy (non-hydrogen) atoms. The number of rotatable bonds is 3. The quantitative estimate of drug-likeness (QED) is 0.601. The average Bonchev–Trinajstić information content (AvgIpc) is 3.47. The summed E-state index contributed by atoms with van der Waals surface area (Å²) in [5, 5.41) is 2.78. The fraction of sp³-hybridized carbons (Fsp3) is 0.792. The van der Waals surface area contributed by atoms with Crippen LogP contribution < -0.4 is 5.32 Å². The van der Waals surface area contributed by atoms with Crippen LogP contribution in [0.15, 0.2) is 0 Å². The number of carbonyl (C=O) groups excluding carboxylic acids is 5. The number of hydrogen-bond acceptors (Lipinski definition) is 6. The maximum atomic E-state index is 13.5. The van der Waals surface area contributed by atoms with E-state index in [9.17, 15) is 24.0 Å². The average molecular weight is 479 g/mol. The van der Waals surface area contributed by atoms with E-state index in [4.69, 9.17) is 4.74 Å². The largest absolute Gasteiger partial charge is 0.461 e. The first-order chi connectivity index (χ1) is 16.2. The standard InChI is InChI=1S/C24H38N4O6/c1-5-9-17-21(30)25-16(4)22(31)28-13-8-11-19(28)24(33)34-15(3)14-20(29)27-12-7-10-18(27)23(32)26(17)6-2/h15-19H,5-14H2,1-4H3,(H,25,30). The van der Waals surface area contributed by atoms with Crippen molar-refractivity contribution in [3.63, 3.8) is 0 Å². The van der Waals surface area contributed by atoms with Crippen LogP contribution in [0.5, 0.6) is 0 Å². The fourth-order valence-corrected chi connectivity index (χ4v) is 5.32. The molecule has 4 amide bonds. The van der Waals surface area contributed by atoms with Gasteiger partial charge in [0.15, 0.2) is 0 Å². The highest BCUT2D eigenvalue weighted by Gasteiger charge is 2.42. The van der Waals surface area contributed by atoms with Gasteiger partial charge < -0.3 is 24.8 Å². The molecule has 0 spiro atoms. The van der Waals surface area contributed by atoms with Gasteiger partial charge in [-0.2, -0.15) is 0 Å². The van der Waals surface area contributed by atoms with E-state index in [0.717, 1.165) is 0 Å². The van der Waals surface area contributed by atoms with E-state index >= 15 is 0 Å². The number of nitrogens with one attached hydrogen (secondary N) is 1. The molecule has 0 aromatic rings. The molecule has 0 aromatic heterocycles. The number of fused-ring (bicyclic) bond motifs is 2. The summed E-state index contributed by atoms with van der Waals surface area (Å²) < 4.78 is 5.54. The van der Waals surface area contributed by atoms with E-state index in [-0.39, 0.29) is 24.1 Å². The molecule has 3 fully saturated rings. The van der Waals surface area contributed by atoms with Gasteiger partial charge in [0.05, 0.1) is 6.42 Å². The Kier molecular flexibility index (Phi) is 8.54. The molecule has 5 atom stereocenters. The van der Waals surface area contributed by atoms with Crippen LogP contribution in [0.4, 0.5) is 0 Å². The molecule has 3 saturated heterocycles. The number of nitrogens with zero attached hydrogens (tertiary/aromatic N) is 3.